The predicted octanol–water partition coefficient (Wildman–Crippen LogP) is 2.27. The van der Waals surface area contributed by atoms with Crippen LogP contribution in [0.2, 0.25) is 0 Å². The molecular weight excluding hydrogens is 234 g/mol. The first-order valence-electron chi connectivity index (χ1n) is 6.33. The zero-order valence-corrected chi connectivity index (χ0v) is 10.8. The fourth-order valence-electron chi connectivity index (χ4n) is 1.53. The Labute approximate surface area is 107 Å². The van der Waals surface area contributed by atoms with E-state index in [1.54, 1.807) is 6.07 Å². The maximum atomic E-state index is 10.8. The van der Waals surface area contributed by atoms with E-state index < -0.39 is 5.97 Å². The molecule has 0 aliphatic heterocycles. The van der Waals surface area contributed by atoms with Crippen molar-refractivity contribution in [1.82, 2.24) is 5.32 Å². The summed E-state index contributed by atoms with van der Waals surface area (Å²) in [6.45, 7) is 5.00. The highest BCUT2D eigenvalue weighted by molar-refractivity contribution is 5.86. The molecule has 1 rings (SSSR count). The Morgan fingerprint density at radius 3 is 2.94 bits per heavy atom. The minimum absolute atomic E-state index is 0.0155. The molecule has 0 fully saturated rings. The molecule has 18 heavy (non-hydrogen) atoms. The highest BCUT2D eigenvalue weighted by Crippen LogP contribution is 2.09. The van der Waals surface area contributed by atoms with Crippen molar-refractivity contribution in [2.75, 3.05) is 19.8 Å². The Morgan fingerprint density at radius 2 is 2.22 bits per heavy atom. The average Bonchev–Trinajstić information content (AvgIpc) is 2.81. The van der Waals surface area contributed by atoms with Crippen molar-refractivity contribution in [3.8, 4) is 0 Å². The summed E-state index contributed by atoms with van der Waals surface area (Å²) in [5.41, 5.74) is 0.675. The van der Waals surface area contributed by atoms with Crippen LogP contribution in [0.15, 0.2) is 16.7 Å². The van der Waals surface area contributed by atoms with Gasteiger partial charge in [-0.1, -0.05) is 13.3 Å². The Kier molecular flexibility index (Phi) is 7.13. The monoisotopic (exact) mass is 255 g/mol. The number of carboxylic acids is 1. The van der Waals surface area contributed by atoms with E-state index >= 15 is 0 Å². The van der Waals surface area contributed by atoms with E-state index in [9.17, 15) is 4.79 Å². The number of hydrogen-bond acceptors (Lipinski definition) is 4. The van der Waals surface area contributed by atoms with Gasteiger partial charge in [0.2, 0.25) is 5.76 Å². The molecule has 5 nitrogen and oxygen atoms in total. The summed E-state index contributed by atoms with van der Waals surface area (Å²) in [5, 5.41) is 12.0. The molecule has 0 saturated carbocycles. The molecule has 102 valence electrons. The van der Waals surface area contributed by atoms with Crippen LogP contribution in [0.5, 0.6) is 0 Å². The number of rotatable bonds is 10. The molecule has 1 heterocycles. The fraction of sp³-hybridized carbons (Fsp3) is 0.615. The summed E-state index contributed by atoms with van der Waals surface area (Å²) in [6, 6.07) is 1.67. The molecule has 0 radical (unpaired) electrons. The van der Waals surface area contributed by atoms with Gasteiger partial charge in [-0.25, -0.2) is 4.79 Å². The van der Waals surface area contributed by atoms with Crippen molar-refractivity contribution < 1.29 is 19.1 Å². The molecule has 0 spiro atoms. The van der Waals surface area contributed by atoms with E-state index in [4.69, 9.17) is 14.3 Å². The summed E-state index contributed by atoms with van der Waals surface area (Å²) in [4.78, 5) is 10.8. The van der Waals surface area contributed by atoms with Gasteiger partial charge in [0.25, 0.3) is 0 Å². The van der Waals surface area contributed by atoms with Crippen molar-refractivity contribution in [1.29, 1.82) is 0 Å². The molecule has 0 bridgehead atoms. The molecule has 0 unspecified atom stereocenters. The first kappa shape index (κ1) is 14.7. The lowest BCUT2D eigenvalue weighted by molar-refractivity contribution is 0.0660. The third-order valence-electron chi connectivity index (χ3n) is 2.54. The van der Waals surface area contributed by atoms with Gasteiger partial charge < -0.3 is 19.6 Å². The van der Waals surface area contributed by atoms with Gasteiger partial charge in [-0.3, -0.25) is 0 Å². The Morgan fingerprint density at radius 1 is 1.44 bits per heavy atom. The van der Waals surface area contributed by atoms with Crippen LogP contribution in [0.1, 0.15) is 42.3 Å². The second kappa shape index (κ2) is 8.72. The van der Waals surface area contributed by atoms with Crippen LogP contribution in [-0.4, -0.2) is 30.8 Å². The van der Waals surface area contributed by atoms with E-state index in [2.05, 4.69) is 12.2 Å². The highest BCUT2D eigenvalue weighted by Gasteiger charge is 2.12. The molecular formula is C13H21NO4. The van der Waals surface area contributed by atoms with Crippen LogP contribution in [0.25, 0.3) is 0 Å². The van der Waals surface area contributed by atoms with Crippen molar-refractivity contribution in [2.45, 2.75) is 32.7 Å². The Balaban J connectivity index is 2.07. The lowest BCUT2D eigenvalue weighted by atomic mass is 10.2. The number of nitrogens with one attached hydrogen (secondary N) is 1. The highest BCUT2D eigenvalue weighted by atomic mass is 16.5. The van der Waals surface area contributed by atoms with Gasteiger partial charge in [0.05, 0.1) is 6.26 Å². The number of furan rings is 1. The Bertz CT molecular complexity index is 349. The van der Waals surface area contributed by atoms with Gasteiger partial charge >= 0.3 is 5.97 Å². The van der Waals surface area contributed by atoms with E-state index in [1.165, 1.54) is 6.26 Å². The van der Waals surface area contributed by atoms with E-state index in [-0.39, 0.29) is 5.76 Å². The molecule has 0 aliphatic carbocycles. The number of ether oxygens (including phenoxy) is 1. The van der Waals surface area contributed by atoms with Crippen LogP contribution < -0.4 is 5.32 Å². The van der Waals surface area contributed by atoms with Crippen molar-refractivity contribution in [3.05, 3.63) is 23.7 Å². The zero-order valence-electron chi connectivity index (χ0n) is 10.8. The summed E-state index contributed by atoms with van der Waals surface area (Å²) in [6.07, 6.45) is 4.57. The summed E-state index contributed by atoms with van der Waals surface area (Å²) >= 11 is 0. The molecule has 1 aromatic rings. The van der Waals surface area contributed by atoms with Crippen molar-refractivity contribution >= 4 is 5.97 Å². The maximum absolute atomic E-state index is 10.8. The lowest BCUT2D eigenvalue weighted by Crippen LogP contribution is -2.17. The number of unbranched alkanes of at least 4 members (excludes halogenated alkanes) is 1. The van der Waals surface area contributed by atoms with Crippen molar-refractivity contribution in [3.63, 3.8) is 0 Å². The smallest absolute Gasteiger partial charge is 0.372 e. The summed E-state index contributed by atoms with van der Waals surface area (Å²) < 4.78 is 10.3. The zero-order chi connectivity index (χ0) is 13.2. The number of carboxylic acid groups (broad SMARTS) is 1. The van der Waals surface area contributed by atoms with Crippen LogP contribution in [0, 0.1) is 0 Å². The predicted molar refractivity (Wildman–Crippen MR) is 67.7 cm³/mol. The molecule has 2 N–H and O–H groups in total. The van der Waals surface area contributed by atoms with Crippen LogP contribution >= 0.6 is 0 Å². The first-order chi connectivity index (χ1) is 8.75. The average molecular weight is 255 g/mol. The maximum Gasteiger partial charge on any atom is 0.372 e. The van der Waals surface area contributed by atoms with E-state index in [1.807, 2.05) is 0 Å². The number of hydrogen-bond donors (Lipinski definition) is 2. The molecule has 5 heteroatoms. The largest absolute Gasteiger partial charge is 0.475 e. The van der Waals surface area contributed by atoms with E-state index in [0.29, 0.717) is 12.1 Å². The van der Waals surface area contributed by atoms with Crippen molar-refractivity contribution in [2.24, 2.45) is 0 Å². The van der Waals surface area contributed by atoms with E-state index in [0.717, 1.165) is 39.0 Å². The van der Waals surface area contributed by atoms with Gasteiger partial charge in [-0.2, -0.15) is 0 Å². The minimum Gasteiger partial charge on any atom is -0.475 e. The summed E-state index contributed by atoms with van der Waals surface area (Å²) in [5.74, 6) is -1.01. The van der Waals surface area contributed by atoms with Crippen LogP contribution in [0.4, 0.5) is 0 Å². The SMILES string of the molecule is CCCCOCCCNCc1ccoc1C(=O)O. The second-order valence-corrected chi connectivity index (χ2v) is 4.08. The third kappa shape index (κ3) is 5.33. The molecule has 0 aliphatic rings. The van der Waals surface area contributed by atoms with Gasteiger partial charge in [0.15, 0.2) is 0 Å². The first-order valence-corrected chi connectivity index (χ1v) is 6.33. The lowest BCUT2D eigenvalue weighted by Gasteiger charge is -2.05. The van der Waals surface area contributed by atoms with Gasteiger partial charge in [0, 0.05) is 25.3 Å². The van der Waals surface area contributed by atoms with Crippen LogP contribution in [0.3, 0.4) is 0 Å². The number of carbonyl (C=O) groups is 1. The topological polar surface area (TPSA) is 71.7 Å². The molecule has 0 aromatic carbocycles. The molecule has 0 atom stereocenters. The quantitative estimate of drug-likeness (QED) is 0.627. The number of aromatic carboxylic acids is 1. The summed E-state index contributed by atoms with van der Waals surface area (Å²) in [7, 11) is 0. The van der Waals surface area contributed by atoms with Crippen LogP contribution in [-0.2, 0) is 11.3 Å². The molecule has 0 saturated heterocycles. The minimum atomic E-state index is -1.03. The molecule has 1 aromatic heterocycles. The third-order valence-corrected chi connectivity index (χ3v) is 2.54. The van der Waals surface area contributed by atoms with Gasteiger partial charge in [-0.15, -0.1) is 0 Å². The van der Waals surface area contributed by atoms with Gasteiger partial charge in [-0.05, 0) is 25.5 Å². The van der Waals surface area contributed by atoms with Gasteiger partial charge in [0.1, 0.15) is 0 Å². The Hall–Kier alpha value is -1.33. The fourth-order valence-corrected chi connectivity index (χ4v) is 1.53. The molecule has 0 amide bonds. The second-order valence-electron chi connectivity index (χ2n) is 4.08. The normalized spacial score (nSPS) is 10.7. The standard InChI is InChI=1S/C13H21NO4/c1-2-3-7-17-8-4-6-14-10-11-5-9-18-12(11)13(15)16/h5,9,14H,2-4,6-8,10H2,1H3,(H,15,16).